The maximum absolute atomic E-state index is 12.6. The van der Waals surface area contributed by atoms with Crippen LogP contribution in [0.15, 0.2) is 40.9 Å². The maximum Gasteiger partial charge on any atom is 0.265 e. The minimum absolute atomic E-state index is 0.0803. The molecule has 5 nitrogen and oxygen atoms in total. The molecule has 0 bridgehead atoms. The van der Waals surface area contributed by atoms with Gasteiger partial charge in [-0.1, -0.05) is 28.1 Å². The van der Waals surface area contributed by atoms with Gasteiger partial charge in [-0.2, -0.15) is 0 Å². The molecule has 6 heteroatoms. The number of amides is 2. The standard InChI is InChI=1S/C22H27BrN2O3/c1-14-11-18(23)12-15(2)21(14)28-16(3)22(27)24-19-8-6-7-17(13-19)9-10-20(26)25(4)5/h6-8,11-13,16H,9-10H2,1-5H3,(H,24,27). The van der Waals surface area contributed by atoms with E-state index in [0.717, 1.165) is 26.9 Å². The van der Waals surface area contributed by atoms with Gasteiger partial charge in [-0.25, -0.2) is 0 Å². The van der Waals surface area contributed by atoms with Crippen LogP contribution >= 0.6 is 15.9 Å². The molecule has 1 unspecified atom stereocenters. The van der Waals surface area contributed by atoms with Crippen LogP contribution in [0, 0.1) is 13.8 Å². The SMILES string of the molecule is Cc1cc(Br)cc(C)c1OC(C)C(=O)Nc1cccc(CCC(=O)N(C)C)c1. The highest BCUT2D eigenvalue weighted by Gasteiger charge is 2.17. The molecule has 0 aromatic heterocycles. The zero-order valence-corrected chi connectivity index (χ0v) is 18.6. The van der Waals surface area contributed by atoms with Crippen LogP contribution in [0.4, 0.5) is 5.69 Å². The van der Waals surface area contributed by atoms with Crippen molar-refractivity contribution in [2.75, 3.05) is 19.4 Å². The number of benzene rings is 2. The zero-order chi connectivity index (χ0) is 20.8. The summed E-state index contributed by atoms with van der Waals surface area (Å²) in [6.07, 6.45) is 0.424. The first kappa shape index (κ1) is 22.0. The average Bonchev–Trinajstić information content (AvgIpc) is 2.62. The summed E-state index contributed by atoms with van der Waals surface area (Å²) in [5.41, 5.74) is 3.64. The Hall–Kier alpha value is -2.34. The highest BCUT2D eigenvalue weighted by atomic mass is 79.9. The van der Waals surface area contributed by atoms with Crippen LogP contribution in [0.2, 0.25) is 0 Å². The number of hydrogen-bond acceptors (Lipinski definition) is 3. The number of halogens is 1. The van der Waals surface area contributed by atoms with E-state index in [4.69, 9.17) is 4.74 Å². The van der Waals surface area contributed by atoms with Gasteiger partial charge in [0.25, 0.3) is 5.91 Å². The van der Waals surface area contributed by atoms with Crippen LogP contribution in [0.1, 0.15) is 30.0 Å². The van der Waals surface area contributed by atoms with Crippen molar-refractivity contribution in [1.29, 1.82) is 0 Å². The molecular formula is C22H27BrN2O3. The van der Waals surface area contributed by atoms with Gasteiger partial charge in [-0.3, -0.25) is 9.59 Å². The predicted molar refractivity (Wildman–Crippen MR) is 116 cm³/mol. The second-order valence-corrected chi connectivity index (χ2v) is 8.02. The number of ether oxygens (including phenoxy) is 1. The fourth-order valence-electron chi connectivity index (χ4n) is 2.84. The van der Waals surface area contributed by atoms with E-state index in [-0.39, 0.29) is 11.8 Å². The van der Waals surface area contributed by atoms with Crippen LogP contribution in [0.3, 0.4) is 0 Å². The summed E-state index contributed by atoms with van der Waals surface area (Å²) in [7, 11) is 3.49. The Morgan fingerprint density at radius 3 is 2.39 bits per heavy atom. The number of hydrogen-bond donors (Lipinski definition) is 1. The van der Waals surface area contributed by atoms with Crippen molar-refractivity contribution in [2.24, 2.45) is 0 Å². The molecule has 0 aliphatic heterocycles. The number of carbonyl (C=O) groups excluding carboxylic acids is 2. The second-order valence-electron chi connectivity index (χ2n) is 7.11. The van der Waals surface area contributed by atoms with Crippen LogP contribution in [0.25, 0.3) is 0 Å². The smallest absolute Gasteiger partial charge is 0.265 e. The summed E-state index contributed by atoms with van der Waals surface area (Å²) in [4.78, 5) is 25.9. The molecule has 0 saturated heterocycles. The molecule has 0 radical (unpaired) electrons. The zero-order valence-electron chi connectivity index (χ0n) is 17.0. The van der Waals surface area contributed by atoms with Gasteiger partial charge in [0.1, 0.15) is 5.75 Å². The van der Waals surface area contributed by atoms with E-state index < -0.39 is 6.10 Å². The molecule has 0 heterocycles. The summed E-state index contributed by atoms with van der Waals surface area (Å²) in [6.45, 7) is 5.64. The lowest BCUT2D eigenvalue weighted by Crippen LogP contribution is -2.30. The number of nitrogens with one attached hydrogen (secondary N) is 1. The first-order chi connectivity index (χ1) is 13.2. The molecule has 0 aliphatic rings. The summed E-state index contributed by atoms with van der Waals surface area (Å²) in [5, 5.41) is 2.89. The van der Waals surface area contributed by atoms with Gasteiger partial charge in [0.05, 0.1) is 0 Å². The third kappa shape index (κ3) is 6.09. The van der Waals surface area contributed by atoms with Crippen molar-refractivity contribution in [2.45, 2.75) is 39.7 Å². The Bertz CT molecular complexity index is 842. The van der Waals surface area contributed by atoms with Gasteiger partial charge in [0, 0.05) is 30.7 Å². The number of nitrogens with zero attached hydrogens (tertiary/aromatic N) is 1. The quantitative estimate of drug-likeness (QED) is 0.681. The largest absolute Gasteiger partial charge is 0.480 e. The minimum Gasteiger partial charge on any atom is -0.480 e. The van der Waals surface area contributed by atoms with Gasteiger partial charge in [-0.05, 0) is 68.1 Å². The fourth-order valence-corrected chi connectivity index (χ4v) is 3.52. The topological polar surface area (TPSA) is 58.6 Å². The highest BCUT2D eigenvalue weighted by Crippen LogP contribution is 2.28. The lowest BCUT2D eigenvalue weighted by molar-refractivity contribution is -0.128. The third-order valence-electron chi connectivity index (χ3n) is 4.41. The molecule has 150 valence electrons. The van der Waals surface area contributed by atoms with Crippen molar-refractivity contribution in [3.8, 4) is 5.75 Å². The molecule has 0 saturated carbocycles. The second kappa shape index (κ2) is 9.73. The van der Waals surface area contributed by atoms with Crippen molar-refractivity contribution in [1.82, 2.24) is 4.90 Å². The number of rotatable bonds is 7. The molecule has 0 fully saturated rings. The summed E-state index contributed by atoms with van der Waals surface area (Å²) < 4.78 is 6.90. The number of carbonyl (C=O) groups is 2. The van der Waals surface area contributed by atoms with Crippen LogP contribution in [0.5, 0.6) is 5.75 Å². The Morgan fingerprint density at radius 1 is 1.14 bits per heavy atom. The van der Waals surface area contributed by atoms with Crippen LogP contribution < -0.4 is 10.1 Å². The lowest BCUT2D eigenvalue weighted by Gasteiger charge is -2.18. The molecule has 2 aromatic rings. The third-order valence-corrected chi connectivity index (χ3v) is 4.87. The van der Waals surface area contributed by atoms with E-state index in [1.165, 1.54) is 0 Å². The van der Waals surface area contributed by atoms with Crippen LogP contribution in [-0.4, -0.2) is 36.9 Å². The van der Waals surface area contributed by atoms with Gasteiger partial charge in [0.15, 0.2) is 6.10 Å². The first-order valence-electron chi connectivity index (χ1n) is 9.20. The molecular weight excluding hydrogens is 420 g/mol. The average molecular weight is 447 g/mol. The number of aryl methyl sites for hydroxylation is 3. The Labute approximate surface area is 175 Å². The molecule has 2 rings (SSSR count). The van der Waals surface area contributed by atoms with E-state index in [0.29, 0.717) is 18.5 Å². The first-order valence-corrected chi connectivity index (χ1v) is 10.00. The molecule has 1 atom stereocenters. The van der Waals surface area contributed by atoms with E-state index in [1.807, 2.05) is 50.2 Å². The molecule has 0 aliphatic carbocycles. The molecule has 2 amide bonds. The highest BCUT2D eigenvalue weighted by molar-refractivity contribution is 9.10. The maximum atomic E-state index is 12.6. The van der Waals surface area contributed by atoms with Crippen molar-refractivity contribution >= 4 is 33.4 Å². The van der Waals surface area contributed by atoms with Gasteiger partial charge < -0.3 is 15.0 Å². The van der Waals surface area contributed by atoms with Gasteiger partial charge in [0.2, 0.25) is 5.91 Å². The molecule has 2 aromatic carbocycles. The monoisotopic (exact) mass is 446 g/mol. The van der Waals surface area contributed by atoms with E-state index in [2.05, 4.69) is 21.2 Å². The Kier molecular flexibility index (Phi) is 7.63. The molecule has 28 heavy (non-hydrogen) atoms. The van der Waals surface area contributed by atoms with Crippen LogP contribution in [-0.2, 0) is 16.0 Å². The lowest BCUT2D eigenvalue weighted by atomic mass is 10.1. The van der Waals surface area contributed by atoms with E-state index in [1.54, 1.807) is 25.9 Å². The number of anilines is 1. The van der Waals surface area contributed by atoms with Crippen molar-refractivity contribution < 1.29 is 14.3 Å². The van der Waals surface area contributed by atoms with E-state index >= 15 is 0 Å². The molecule has 1 N–H and O–H groups in total. The predicted octanol–water partition coefficient (Wildman–Crippen LogP) is 4.49. The normalized spacial score (nSPS) is 11.6. The van der Waals surface area contributed by atoms with Crippen molar-refractivity contribution in [3.63, 3.8) is 0 Å². The van der Waals surface area contributed by atoms with Gasteiger partial charge in [-0.15, -0.1) is 0 Å². The Balaban J connectivity index is 2.00. The summed E-state index contributed by atoms with van der Waals surface area (Å²) in [6, 6.07) is 11.5. The van der Waals surface area contributed by atoms with Crippen molar-refractivity contribution in [3.05, 3.63) is 57.6 Å². The van der Waals surface area contributed by atoms with Gasteiger partial charge >= 0.3 is 0 Å². The fraction of sp³-hybridized carbons (Fsp3) is 0.364. The summed E-state index contributed by atoms with van der Waals surface area (Å²) >= 11 is 3.46. The van der Waals surface area contributed by atoms with E-state index in [9.17, 15) is 9.59 Å². The molecule has 0 spiro atoms. The Morgan fingerprint density at radius 2 is 1.79 bits per heavy atom. The summed E-state index contributed by atoms with van der Waals surface area (Å²) in [5.74, 6) is 0.585. The minimum atomic E-state index is -0.641.